The molecule has 1 aliphatic carbocycles. The van der Waals surface area contributed by atoms with E-state index in [-0.39, 0.29) is 5.41 Å². The van der Waals surface area contributed by atoms with Gasteiger partial charge in [-0.1, -0.05) is 420 Å². The van der Waals surface area contributed by atoms with Crippen LogP contribution in [0.15, 0.2) is 478 Å². The van der Waals surface area contributed by atoms with Gasteiger partial charge in [-0.2, -0.15) is 0 Å². The number of fused-ring (bicyclic) bond motifs is 33. The topological polar surface area (TPSA) is 90.5 Å². The molecule has 0 fully saturated rings. The highest BCUT2D eigenvalue weighted by Crippen LogP contribution is 2.57. The fourth-order valence-corrected chi connectivity index (χ4v) is 24.1. The van der Waals surface area contributed by atoms with Crippen LogP contribution >= 0.6 is 11.3 Å². The largest absolute Gasteiger partial charge is 0.455 e. The van der Waals surface area contributed by atoms with Crippen molar-refractivity contribution in [1.29, 1.82) is 0 Å². The smallest absolute Gasteiger partial charge is 0.160 e. The van der Waals surface area contributed by atoms with Crippen LogP contribution in [0.4, 0.5) is 0 Å². The van der Waals surface area contributed by atoms with Crippen LogP contribution in [-0.2, 0) is 5.41 Å². The molecular formula is C135H84N6OS. The van der Waals surface area contributed by atoms with Crippen LogP contribution in [-0.4, -0.2) is 29.9 Å². The summed E-state index contributed by atoms with van der Waals surface area (Å²) in [6.45, 7) is 4.76. The third-order valence-electron chi connectivity index (χ3n) is 29.5. The quantitative estimate of drug-likeness (QED) is 0.133. The van der Waals surface area contributed by atoms with Gasteiger partial charge < -0.3 is 4.42 Å². The van der Waals surface area contributed by atoms with Crippen LogP contribution in [0.2, 0.25) is 0 Å². The van der Waals surface area contributed by atoms with Crippen LogP contribution < -0.4 is 0 Å². The number of para-hydroxylation sites is 1. The summed E-state index contributed by atoms with van der Waals surface area (Å²) in [4.78, 5) is 30.7. The fourth-order valence-electron chi connectivity index (χ4n) is 22.8. The molecule has 0 saturated heterocycles. The molecule has 8 heteroatoms. The van der Waals surface area contributed by atoms with Crippen molar-refractivity contribution in [1.82, 2.24) is 29.9 Å². The predicted octanol–water partition coefficient (Wildman–Crippen LogP) is 36.8. The van der Waals surface area contributed by atoms with Crippen molar-refractivity contribution < 1.29 is 4.42 Å². The van der Waals surface area contributed by atoms with Gasteiger partial charge in [-0.25, -0.2) is 29.9 Å². The molecule has 666 valence electrons. The normalized spacial score (nSPS) is 12.3. The van der Waals surface area contributed by atoms with Gasteiger partial charge in [-0.15, -0.1) is 11.3 Å². The highest BCUT2D eigenvalue weighted by Gasteiger charge is 2.39. The van der Waals surface area contributed by atoms with E-state index in [9.17, 15) is 0 Å². The Hall–Kier alpha value is -18.3. The van der Waals surface area contributed by atoms with E-state index in [1.807, 2.05) is 78.1 Å². The van der Waals surface area contributed by atoms with Crippen molar-refractivity contribution in [3.63, 3.8) is 0 Å². The second-order valence-electron chi connectivity index (χ2n) is 38.0. The van der Waals surface area contributed by atoms with E-state index in [0.29, 0.717) is 0 Å². The number of benzene rings is 24. The van der Waals surface area contributed by atoms with Crippen LogP contribution in [0.1, 0.15) is 25.0 Å². The first-order valence-corrected chi connectivity index (χ1v) is 49.7. The summed E-state index contributed by atoms with van der Waals surface area (Å²) in [7, 11) is 0. The molecule has 0 saturated carbocycles. The van der Waals surface area contributed by atoms with Gasteiger partial charge >= 0.3 is 0 Å². The van der Waals surface area contributed by atoms with Gasteiger partial charge in [0.05, 0.1) is 44.8 Å². The Morgan fingerprint density at radius 1 is 0.210 bits per heavy atom. The summed E-state index contributed by atoms with van der Waals surface area (Å²) >= 11 is 1.90. The molecule has 0 aliphatic heterocycles. The van der Waals surface area contributed by atoms with Gasteiger partial charge in [-0.3, -0.25) is 0 Å². The van der Waals surface area contributed by atoms with Crippen molar-refractivity contribution in [2.75, 3.05) is 0 Å². The molecule has 0 bridgehead atoms. The third kappa shape index (κ3) is 13.8. The molecule has 24 aromatic carbocycles. The van der Waals surface area contributed by atoms with Crippen molar-refractivity contribution in [3.8, 4) is 112 Å². The van der Waals surface area contributed by atoms with Crippen molar-refractivity contribution in [3.05, 3.63) is 484 Å². The standard InChI is InChI=1S/C47H32N2.C44H26N2O.C44H26N2S/c1-47(2)40-20-12-11-19-37(40)43-39-26-23-33-27-31(21-24-34(33)42(39)35-17-9-10-18-36(35)44(43)47)32-22-25-38-41(28-32)48-46(30-15-7-4-8-16-30)49-45(38)29-13-5-3-6-14-29;1-3-11-27(12-4-1)42-35-23-20-30(26-38(35)45-44(46-42)28-13-5-2-6-14-28)29-19-22-32-31(25-29)21-24-37-40(32)33-15-7-8-16-34(33)43-41(37)36-17-9-10-18-39(36)47-43;1-3-11-27(12-4-1)42-43(28-13-5-2-6-14-28)46-38-26-30(21-24-37(38)45-42)29-19-22-32-31(25-29)20-23-36-40(32)33-15-7-8-16-34(33)44-41(36)35-17-9-10-18-39(35)47-44/h3-28H,1-2H3;2*1-26H. The van der Waals surface area contributed by atoms with E-state index in [1.54, 1.807) is 0 Å². The highest BCUT2D eigenvalue weighted by atomic mass is 32.1. The van der Waals surface area contributed by atoms with E-state index in [2.05, 4.69) is 420 Å². The first-order valence-electron chi connectivity index (χ1n) is 48.8. The molecular weight excluding hydrogens is 1750 g/mol. The molecule has 0 spiro atoms. The van der Waals surface area contributed by atoms with Gasteiger partial charge in [-0.05, 0) is 209 Å². The Morgan fingerprint density at radius 2 is 0.566 bits per heavy atom. The van der Waals surface area contributed by atoms with Crippen LogP contribution in [0.5, 0.6) is 0 Å². The van der Waals surface area contributed by atoms with Gasteiger partial charge in [0.2, 0.25) is 0 Å². The number of rotatable bonds is 9. The predicted molar refractivity (Wildman–Crippen MR) is 603 cm³/mol. The second-order valence-corrected chi connectivity index (χ2v) is 39.1. The first-order chi connectivity index (χ1) is 70.7. The van der Waals surface area contributed by atoms with E-state index in [0.717, 1.165) is 145 Å². The lowest BCUT2D eigenvalue weighted by atomic mass is 9.79. The summed E-state index contributed by atoms with van der Waals surface area (Å²) in [5.41, 5.74) is 27.9. The molecule has 7 nitrogen and oxygen atoms in total. The maximum atomic E-state index is 6.46. The summed E-state index contributed by atoms with van der Waals surface area (Å²) in [6.07, 6.45) is 0. The number of hydrogen-bond donors (Lipinski definition) is 0. The average molecular weight is 1840 g/mol. The van der Waals surface area contributed by atoms with Crippen molar-refractivity contribution in [2.24, 2.45) is 0 Å². The molecule has 0 atom stereocenters. The van der Waals surface area contributed by atoms with Crippen LogP contribution in [0.3, 0.4) is 0 Å². The monoisotopic (exact) mass is 1840 g/mol. The zero-order valence-electron chi connectivity index (χ0n) is 78.0. The molecule has 0 N–H and O–H groups in total. The summed E-state index contributed by atoms with van der Waals surface area (Å²) < 4.78 is 9.16. The van der Waals surface area contributed by atoms with E-state index < -0.39 is 0 Å². The summed E-state index contributed by atoms with van der Waals surface area (Å²) in [5.74, 6) is 1.46. The van der Waals surface area contributed by atoms with Crippen LogP contribution in [0.25, 0.3) is 284 Å². The maximum Gasteiger partial charge on any atom is 0.160 e. The fraction of sp³-hybridized carbons (Fsp3) is 0.0222. The lowest BCUT2D eigenvalue weighted by molar-refractivity contribution is 0.666. The lowest BCUT2D eigenvalue weighted by Crippen LogP contribution is -2.15. The second kappa shape index (κ2) is 33.5. The molecule has 30 rings (SSSR count). The summed E-state index contributed by atoms with van der Waals surface area (Å²) in [6, 6.07) is 169. The Bertz CT molecular complexity index is 10300. The maximum absolute atomic E-state index is 6.46. The van der Waals surface area contributed by atoms with E-state index in [4.69, 9.17) is 34.3 Å². The molecule has 143 heavy (non-hydrogen) atoms. The zero-order valence-corrected chi connectivity index (χ0v) is 78.8. The number of furan rings is 1. The van der Waals surface area contributed by atoms with Crippen molar-refractivity contribution >= 4 is 183 Å². The molecule has 29 aromatic rings. The van der Waals surface area contributed by atoms with E-state index >= 15 is 0 Å². The Labute approximate surface area is 827 Å². The summed E-state index contributed by atoms with van der Waals surface area (Å²) in [5, 5.41) is 30.0. The van der Waals surface area contributed by atoms with Gasteiger partial charge in [0.25, 0.3) is 0 Å². The molecule has 0 radical (unpaired) electrons. The number of hydrogen-bond acceptors (Lipinski definition) is 8. The Balaban J connectivity index is 0.000000105. The third-order valence-corrected chi connectivity index (χ3v) is 30.7. The Morgan fingerprint density at radius 3 is 1.08 bits per heavy atom. The molecule has 0 unspecified atom stereocenters. The van der Waals surface area contributed by atoms with Crippen molar-refractivity contribution in [2.45, 2.75) is 19.3 Å². The minimum Gasteiger partial charge on any atom is -0.455 e. The lowest BCUT2D eigenvalue weighted by Gasteiger charge is -2.24. The molecule has 5 aromatic heterocycles. The van der Waals surface area contributed by atoms with Crippen LogP contribution in [0, 0.1) is 0 Å². The SMILES string of the molecule is CC1(C)c2ccccc2-c2c1c1ccccc1c1c2ccc2cc(-c3ccc4c(-c5ccccc5)nc(-c5ccccc5)nc4c3)ccc21.c1ccc(-c2nc(-c3ccccc3)c3ccc(-c4ccc5c(ccc6c5c5ccccc5c5oc7ccccc7c65)c4)cc3n2)cc1.c1ccc(-c2nc3ccc(-c4ccc5c(ccc6c5c5ccccc5c5sc7ccccc7c65)c4)cc3nc2-c2ccccc2)cc1. The minimum absolute atomic E-state index is 0.0705. The zero-order chi connectivity index (χ0) is 94.5. The van der Waals surface area contributed by atoms with Gasteiger partial charge in [0.1, 0.15) is 11.2 Å². The Kier molecular flexibility index (Phi) is 19.4. The number of aromatic nitrogens is 6. The molecule has 5 heterocycles. The number of thiophene rings is 1. The minimum atomic E-state index is -0.0705. The first kappa shape index (κ1) is 82.9. The van der Waals surface area contributed by atoms with Gasteiger partial charge in [0, 0.05) is 91.3 Å². The van der Waals surface area contributed by atoms with Gasteiger partial charge in [0.15, 0.2) is 11.6 Å². The number of nitrogens with zero attached hydrogens (tertiary/aromatic N) is 6. The average Bonchev–Trinajstić information content (AvgIpc) is 1.54. The molecule has 1 aliphatic rings. The molecule has 0 amide bonds. The highest BCUT2D eigenvalue weighted by molar-refractivity contribution is 7.27. The van der Waals surface area contributed by atoms with E-state index in [1.165, 1.54) is 151 Å².